The summed E-state index contributed by atoms with van der Waals surface area (Å²) in [5, 5.41) is 9.43. The predicted octanol–water partition coefficient (Wildman–Crippen LogP) is 3.74. The van der Waals surface area contributed by atoms with Crippen LogP contribution in [0.5, 0.6) is 5.75 Å². The van der Waals surface area contributed by atoms with Gasteiger partial charge in [0.2, 0.25) is 0 Å². The Hall–Kier alpha value is -1.78. The summed E-state index contributed by atoms with van der Waals surface area (Å²) in [4.78, 5) is 2.36. The number of hydrogen-bond donors (Lipinski definition) is 1. The summed E-state index contributed by atoms with van der Waals surface area (Å²) in [6, 6.07) is 9.52. The second-order valence-corrected chi connectivity index (χ2v) is 5.65. The molecule has 126 valence electrons. The quantitative estimate of drug-likeness (QED) is 0.716. The van der Waals surface area contributed by atoms with E-state index >= 15 is 0 Å². The average Bonchev–Trinajstić information content (AvgIpc) is 2.99. The van der Waals surface area contributed by atoms with Gasteiger partial charge >= 0.3 is 0 Å². The van der Waals surface area contributed by atoms with Gasteiger partial charge in [-0.1, -0.05) is 13.8 Å². The van der Waals surface area contributed by atoms with Crippen LogP contribution in [0.3, 0.4) is 0 Å². The van der Waals surface area contributed by atoms with E-state index in [1.807, 2.05) is 12.1 Å². The van der Waals surface area contributed by atoms with Crippen LogP contribution in [0.4, 0.5) is 0 Å². The Balaban J connectivity index is 1.97. The molecule has 0 bridgehead atoms. The lowest BCUT2D eigenvalue weighted by Gasteiger charge is -2.17. The summed E-state index contributed by atoms with van der Waals surface area (Å²) < 4.78 is 8.04. The molecule has 0 unspecified atom stereocenters. The van der Waals surface area contributed by atoms with Crippen LogP contribution in [0.1, 0.15) is 26.3 Å². The van der Waals surface area contributed by atoms with Gasteiger partial charge in [-0.25, -0.2) is 0 Å². The van der Waals surface area contributed by atoms with Crippen molar-refractivity contribution in [3.05, 3.63) is 42.1 Å². The molecule has 1 aromatic carbocycles. The number of aromatic hydroxyl groups is 1. The first-order valence-corrected chi connectivity index (χ1v) is 8.46. The van der Waals surface area contributed by atoms with E-state index in [0.717, 1.165) is 44.0 Å². The van der Waals surface area contributed by atoms with Gasteiger partial charge in [0.05, 0.1) is 13.2 Å². The van der Waals surface area contributed by atoms with Crippen molar-refractivity contribution in [2.24, 2.45) is 0 Å². The third-order valence-corrected chi connectivity index (χ3v) is 4.17. The van der Waals surface area contributed by atoms with Crippen LogP contribution in [0, 0.1) is 0 Å². The zero-order valence-corrected chi connectivity index (χ0v) is 14.5. The van der Waals surface area contributed by atoms with Gasteiger partial charge in [0, 0.05) is 25.0 Å². The summed E-state index contributed by atoms with van der Waals surface area (Å²) >= 11 is 0. The number of aryl methyl sites for hydroxylation is 1. The molecule has 0 spiro atoms. The fourth-order valence-electron chi connectivity index (χ4n) is 2.71. The summed E-state index contributed by atoms with van der Waals surface area (Å²) in [5.41, 5.74) is 3.46. The molecule has 0 saturated carbocycles. The molecule has 0 atom stereocenters. The van der Waals surface area contributed by atoms with Crippen molar-refractivity contribution in [3.8, 4) is 17.0 Å². The normalized spacial score (nSPS) is 11.3. The van der Waals surface area contributed by atoms with E-state index in [9.17, 15) is 5.11 Å². The molecular formula is C19H28N2O2. The molecule has 0 fully saturated rings. The molecule has 23 heavy (non-hydrogen) atoms. The maximum atomic E-state index is 9.43. The molecule has 1 aromatic heterocycles. The molecule has 2 aromatic rings. The maximum absolute atomic E-state index is 9.43. The number of aromatic nitrogens is 1. The van der Waals surface area contributed by atoms with Gasteiger partial charge in [0.1, 0.15) is 5.75 Å². The molecule has 0 aliphatic rings. The Kier molecular flexibility index (Phi) is 6.68. The van der Waals surface area contributed by atoms with Crippen LogP contribution in [0.15, 0.2) is 36.5 Å². The van der Waals surface area contributed by atoms with Gasteiger partial charge in [0.15, 0.2) is 0 Å². The molecule has 1 N–H and O–H groups in total. The SMILES string of the molecule is CCN(CC)CCOCc1cc(-c2ccc(O)cc2)n(CC)c1. The first kappa shape index (κ1) is 17.6. The monoisotopic (exact) mass is 316 g/mol. The standard InChI is InChI=1S/C19H28N2O2/c1-4-20(5-2)11-12-23-15-16-13-19(21(6-3)14-16)17-7-9-18(22)10-8-17/h7-10,13-14,22H,4-6,11-12,15H2,1-3H3. The van der Waals surface area contributed by atoms with Crippen LogP contribution in [-0.4, -0.2) is 40.8 Å². The van der Waals surface area contributed by atoms with Crippen LogP contribution in [0.2, 0.25) is 0 Å². The minimum atomic E-state index is 0.295. The highest BCUT2D eigenvalue weighted by atomic mass is 16.5. The first-order chi connectivity index (χ1) is 11.2. The van der Waals surface area contributed by atoms with E-state index < -0.39 is 0 Å². The summed E-state index contributed by atoms with van der Waals surface area (Å²) in [7, 11) is 0. The van der Waals surface area contributed by atoms with Crippen molar-refractivity contribution in [1.29, 1.82) is 0 Å². The van der Waals surface area contributed by atoms with Crippen LogP contribution in [-0.2, 0) is 17.9 Å². The Labute approximate surface area is 139 Å². The van der Waals surface area contributed by atoms with Gasteiger partial charge in [-0.15, -0.1) is 0 Å². The lowest BCUT2D eigenvalue weighted by atomic mass is 10.1. The highest BCUT2D eigenvalue weighted by Gasteiger charge is 2.08. The lowest BCUT2D eigenvalue weighted by molar-refractivity contribution is 0.0956. The number of phenolic OH excluding ortho intramolecular Hbond substituents is 1. The number of rotatable bonds is 9. The number of benzene rings is 1. The highest BCUT2D eigenvalue weighted by Crippen LogP contribution is 2.24. The Morgan fingerprint density at radius 3 is 2.39 bits per heavy atom. The smallest absolute Gasteiger partial charge is 0.115 e. The van der Waals surface area contributed by atoms with E-state index in [1.165, 1.54) is 5.56 Å². The minimum Gasteiger partial charge on any atom is -0.508 e. The number of ether oxygens (including phenoxy) is 1. The largest absolute Gasteiger partial charge is 0.508 e. The average molecular weight is 316 g/mol. The molecule has 4 heteroatoms. The van der Waals surface area contributed by atoms with E-state index in [1.54, 1.807) is 12.1 Å². The number of hydrogen-bond acceptors (Lipinski definition) is 3. The zero-order valence-electron chi connectivity index (χ0n) is 14.5. The molecule has 0 amide bonds. The summed E-state index contributed by atoms with van der Waals surface area (Å²) in [6.45, 7) is 11.9. The predicted molar refractivity (Wildman–Crippen MR) is 94.7 cm³/mol. The fourth-order valence-corrected chi connectivity index (χ4v) is 2.71. The van der Waals surface area contributed by atoms with Crippen molar-refractivity contribution in [1.82, 2.24) is 9.47 Å². The third-order valence-electron chi connectivity index (χ3n) is 4.17. The van der Waals surface area contributed by atoms with E-state index in [-0.39, 0.29) is 0 Å². The molecule has 0 aliphatic carbocycles. The molecule has 2 rings (SSSR count). The van der Waals surface area contributed by atoms with Gasteiger partial charge in [0.25, 0.3) is 0 Å². The highest BCUT2D eigenvalue weighted by molar-refractivity contribution is 5.62. The fraction of sp³-hybridized carbons (Fsp3) is 0.474. The van der Waals surface area contributed by atoms with Crippen LogP contribution in [0.25, 0.3) is 11.3 Å². The van der Waals surface area contributed by atoms with Crippen molar-refractivity contribution in [2.45, 2.75) is 33.9 Å². The van der Waals surface area contributed by atoms with Gasteiger partial charge in [-0.05, 0) is 61.5 Å². The Morgan fingerprint density at radius 1 is 1.09 bits per heavy atom. The topological polar surface area (TPSA) is 37.6 Å². The van der Waals surface area contributed by atoms with Gasteiger partial charge in [-0.2, -0.15) is 0 Å². The van der Waals surface area contributed by atoms with Gasteiger partial charge < -0.3 is 19.3 Å². The van der Waals surface area contributed by atoms with Crippen molar-refractivity contribution < 1.29 is 9.84 Å². The summed E-state index contributed by atoms with van der Waals surface area (Å²) in [5.74, 6) is 0.295. The molecule has 0 radical (unpaired) electrons. The second kappa shape index (κ2) is 8.75. The van der Waals surface area contributed by atoms with E-state index in [0.29, 0.717) is 12.4 Å². The zero-order chi connectivity index (χ0) is 16.7. The number of phenols is 1. The molecular weight excluding hydrogens is 288 g/mol. The summed E-state index contributed by atoms with van der Waals surface area (Å²) in [6.07, 6.45) is 2.15. The minimum absolute atomic E-state index is 0.295. The van der Waals surface area contributed by atoms with Crippen molar-refractivity contribution in [3.63, 3.8) is 0 Å². The molecule has 4 nitrogen and oxygen atoms in total. The molecule has 1 heterocycles. The van der Waals surface area contributed by atoms with E-state index in [4.69, 9.17) is 4.74 Å². The van der Waals surface area contributed by atoms with E-state index in [2.05, 4.69) is 42.5 Å². The molecule has 0 aliphatic heterocycles. The first-order valence-electron chi connectivity index (χ1n) is 8.46. The molecule has 0 saturated heterocycles. The third kappa shape index (κ3) is 4.85. The van der Waals surface area contributed by atoms with Crippen molar-refractivity contribution in [2.75, 3.05) is 26.2 Å². The number of likely N-dealkylation sites (N-methyl/N-ethyl adjacent to an activating group) is 1. The van der Waals surface area contributed by atoms with Crippen LogP contribution < -0.4 is 0 Å². The lowest BCUT2D eigenvalue weighted by Crippen LogP contribution is -2.26. The van der Waals surface area contributed by atoms with Gasteiger partial charge in [-0.3, -0.25) is 0 Å². The second-order valence-electron chi connectivity index (χ2n) is 5.65. The van der Waals surface area contributed by atoms with Crippen molar-refractivity contribution >= 4 is 0 Å². The maximum Gasteiger partial charge on any atom is 0.115 e. The van der Waals surface area contributed by atoms with Crippen LogP contribution >= 0.6 is 0 Å². The number of nitrogens with zero attached hydrogens (tertiary/aromatic N) is 2. The Morgan fingerprint density at radius 2 is 1.78 bits per heavy atom. The Bertz CT molecular complexity index is 586.